The van der Waals surface area contributed by atoms with Gasteiger partial charge in [0.15, 0.2) is 5.96 Å². The third kappa shape index (κ3) is 4.61. The van der Waals surface area contributed by atoms with Crippen LogP contribution in [0.1, 0.15) is 31.2 Å². The van der Waals surface area contributed by atoms with Gasteiger partial charge in [-0.1, -0.05) is 30.3 Å². The largest absolute Gasteiger partial charge is 0.469 e. The molecule has 2 aliphatic rings. The number of likely N-dealkylation sites (tertiary alicyclic amines) is 1. The zero-order valence-corrected chi connectivity index (χ0v) is 16.4. The topological polar surface area (TPSA) is 63.2 Å². The molecule has 1 aromatic carbocycles. The van der Waals surface area contributed by atoms with Crippen LogP contribution in [0.4, 0.5) is 0 Å². The first-order valence-electron chi connectivity index (χ1n) is 9.85. The van der Waals surface area contributed by atoms with Gasteiger partial charge in [-0.25, -0.2) is 0 Å². The van der Waals surface area contributed by atoms with Gasteiger partial charge in [-0.05, 0) is 31.2 Å². The zero-order valence-electron chi connectivity index (χ0n) is 16.4. The molecule has 3 rings (SSSR count). The van der Waals surface area contributed by atoms with Crippen LogP contribution in [0.25, 0.3) is 0 Å². The Morgan fingerprint density at radius 2 is 1.93 bits per heavy atom. The van der Waals surface area contributed by atoms with E-state index >= 15 is 0 Å². The van der Waals surface area contributed by atoms with Crippen LogP contribution in [-0.2, 0) is 19.7 Å². The number of carbonyl (C=O) groups is 1. The Labute approximate surface area is 161 Å². The summed E-state index contributed by atoms with van der Waals surface area (Å²) in [5, 5.41) is 3.61. The number of hydrogen-bond donors (Lipinski definition) is 1. The lowest BCUT2D eigenvalue weighted by molar-refractivity contribution is -0.146. The van der Waals surface area contributed by atoms with Gasteiger partial charge in [-0.3, -0.25) is 9.79 Å². The van der Waals surface area contributed by atoms with Crippen LogP contribution < -0.4 is 5.32 Å². The molecule has 2 aliphatic heterocycles. The molecule has 0 unspecified atom stereocenters. The average Bonchev–Trinajstić information content (AvgIpc) is 2.75. The fourth-order valence-electron chi connectivity index (χ4n) is 4.20. The highest BCUT2D eigenvalue weighted by Crippen LogP contribution is 2.34. The number of nitrogens with zero attached hydrogens (tertiary/aromatic N) is 2. The van der Waals surface area contributed by atoms with Crippen LogP contribution in [-0.4, -0.2) is 63.8 Å². The summed E-state index contributed by atoms with van der Waals surface area (Å²) in [7, 11) is 3.29. The quantitative estimate of drug-likeness (QED) is 0.498. The van der Waals surface area contributed by atoms with Crippen LogP contribution in [0.5, 0.6) is 0 Å². The standard InChI is InChI=1S/C21H31N3O3/c1-22-20(24-12-8-17(9-13-24)19(25)26-2)23-16-21(10-14-27-15-11-21)18-6-4-3-5-7-18/h3-7,17H,8-16H2,1-2H3,(H,22,23). The number of guanidine groups is 1. The van der Waals surface area contributed by atoms with Crippen LogP contribution in [0.2, 0.25) is 0 Å². The van der Waals surface area contributed by atoms with Crippen molar-refractivity contribution in [3.8, 4) is 0 Å². The predicted octanol–water partition coefficient (Wildman–Crippen LogP) is 2.20. The highest BCUT2D eigenvalue weighted by Gasteiger charge is 2.35. The molecule has 0 amide bonds. The number of ether oxygens (including phenoxy) is 2. The lowest BCUT2D eigenvalue weighted by Crippen LogP contribution is -2.51. The number of nitrogens with one attached hydrogen (secondary N) is 1. The number of piperidine rings is 1. The first kappa shape index (κ1) is 19.7. The molecule has 0 atom stereocenters. The minimum absolute atomic E-state index is 0.00973. The number of rotatable bonds is 4. The van der Waals surface area contributed by atoms with Crippen molar-refractivity contribution in [2.75, 3.05) is 47.0 Å². The van der Waals surface area contributed by atoms with Gasteiger partial charge < -0.3 is 19.7 Å². The van der Waals surface area contributed by atoms with Crippen molar-refractivity contribution >= 4 is 11.9 Å². The van der Waals surface area contributed by atoms with E-state index in [1.807, 2.05) is 7.05 Å². The van der Waals surface area contributed by atoms with E-state index in [0.717, 1.165) is 64.5 Å². The van der Waals surface area contributed by atoms with Gasteiger partial charge >= 0.3 is 5.97 Å². The molecule has 0 bridgehead atoms. The SMILES string of the molecule is CN=C(NCC1(c2ccccc2)CCOCC1)N1CCC(C(=O)OC)CC1. The summed E-state index contributed by atoms with van der Waals surface area (Å²) in [5.41, 5.74) is 1.43. The molecule has 0 aliphatic carbocycles. The van der Waals surface area contributed by atoms with Gasteiger partial charge in [0.25, 0.3) is 0 Å². The predicted molar refractivity (Wildman–Crippen MR) is 106 cm³/mol. The van der Waals surface area contributed by atoms with E-state index in [0.29, 0.717) is 0 Å². The third-order valence-corrected chi connectivity index (χ3v) is 5.96. The number of carbonyl (C=O) groups excluding carboxylic acids is 1. The maximum Gasteiger partial charge on any atom is 0.308 e. The van der Waals surface area contributed by atoms with Crippen molar-refractivity contribution in [3.05, 3.63) is 35.9 Å². The molecule has 148 valence electrons. The van der Waals surface area contributed by atoms with Crippen molar-refractivity contribution < 1.29 is 14.3 Å². The van der Waals surface area contributed by atoms with Crippen LogP contribution in [0, 0.1) is 5.92 Å². The maximum absolute atomic E-state index is 11.7. The Balaban J connectivity index is 1.63. The molecule has 6 nitrogen and oxygen atoms in total. The van der Waals surface area contributed by atoms with Crippen molar-refractivity contribution in [3.63, 3.8) is 0 Å². The first-order valence-corrected chi connectivity index (χ1v) is 9.85. The minimum Gasteiger partial charge on any atom is -0.469 e. The number of aliphatic imine (C=N–C) groups is 1. The third-order valence-electron chi connectivity index (χ3n) is 5.96. The lowest BCUT2D eigenvalue weighted by atomic mass is 9.74. The smallest absolute Gasteiger partial charge is 0.308 e. The average molecular weight is 373 g/mol. The van der Waals surface area contributed by atoms with E-state index in [2.05, 4.69) is 45.5 Å². The van der Waals surface area contributed by atoms with Crippen molar-refractivity contribution in [2.24, 2.45) is 10.9 Å². The summed E-state index contributed by atoms with van der Waals surface area (Å²) < 4.78 is 10.5. The second-order valence-electron chi connectivity index (χ2n) is 7.44. The molecule has 2 saturated heterocycles. The Kier molecular flexibility index (Phi) is 6.72. The van der Waals surface area contributed by atoms with Gasteiger partial charge in [0.05, 0.1) is 13.0 Å². The normalized spacial score (nSPS) is 21.0. The van der Waals surface area contributed by atoms with Crippen molar-refractivity contribution in [2.45, 2.75) is 31.1 Å². The second-order valence-corrected chi connectivity index (χ2v) is 7.44. The van der Waals surface area contributed by atoms with E-state index in [9.17, 15) is 4.79 Å². The molecular formula is C21H31N3O3. The monoisotopic (exact) mass is 373 g/mol. The molecule has 0 radical (unpaired) electrons. The molecule has 6 heteroatoms. The van der Waals surface area contributed by atoms with E-state index in [1.54, 1.807) is 0 Å². The summed E-state index contributed by atoms with van der Waals surface area (Å²) in [4.78, 5) is 18.5. The summed E-state index contributed by atoms with van der Waals surface area (Å²) in [6.45, 7) is 4.06. The molecule has 27 heavy (non-hydrogen) atoms. The number of benzene rings is 1. The second kappa shape index (κ2) is 9.22. The van der Waals surface area contributed by atoms with Crippen molar-refractivity contribution in [1.29, 1.82) is 0 Å². The van der Waals surface area contributed by atoms with Gasteiger partial charge in [0.1, 0.15) is 0 Å². The van der Waals surface area contributed by atoms with E-state index in [-0.39, 0.29) is 17.3 Å². The highest BCUT2D eigenvalue weighted by atomic mass is 16.5. The number of hydrogen-bond acceptors (Lipinski definition) is 4. The number of methoxy groups -OCH3 is 1. The minimum atomic E-state index is -0.0946. The summed E-state index contributed by atoms with van der Waals surface area (Å²) in [5.74, 6) is 0.832. The Bertz CT molecular complexity index is 633. The van der Waals surface area contributed by atoms with Crippen molar-refractivity contribution in [1.82, 2.24) is 10.2 Å². The fraction of sp³-hybridized carbons (Fsp3) is 0.619. The van der Waals surface area contributed by atoms with Crippen LogP contribution >= 0.6 is 0 Å². The summed E-state index contributed by atoms with van der Waals surface area (Å²) >= 11 is 0. The Morgan fingerprint density at radius 3 is 2.52 bits per heavy atom. The molecule has 0 aromatic heterocycles. The highest BCUT2D eigenvalue weighted by molar-refractivity contribution is 5.80. The Morgan fingerprint density at radius 1 is 1.26 bits per heavy atom. The zero-order chi connectivity index (χ0) is 19.1. The van der Waals surface area contributed by atoms with E-state index in [1.165, 1.54) is 12.7 Å². The molecular weight excluding hydrogens is 342 g/mol. The number of esters is 1. The first-order chi connectivity index (χ1) is 13.2. The van der Waals surface area contributed by atoms with E-state index in [4.69, 9.17) is 9.47 Å². The van der Waals surface area contributed by atoms with Crippen LogP contribution in [0.3, 0.4) is 0 Å². The van der Waals surface area contributed by atoms with Gasteiger partial charge in [-0.2, -0.15) is 0 Å². The molecule has 0 spiro atoms. The molecule has 0 saturated carbocycles. The summed E-state index contributed by atoms with van der Waals surface area (Å²) in [6, 6.07) is 10.7. The molecule has 1 aromatic rings. The summed E-state index contributed by atoms with van der Waals surface area (Å²) in [6.07, 6.45) is 3.63. The fourth-order valence-corrected chi connectivity index (χ4v) is 4.20. The Hall–Kier alpha value is -2.08. The van der Waals surface area contributed by atoms with Gasteiger partial charge in [-0.15, -0.1) is 0 Å². The molecule has 2 heterocycles. The molecule has 2 fully saturated rings. The lowest BCUT2D eigenvalue weighted by Gasteiger charge is -2.40. The van der Waals surface area contributed by atoms with Crippen LogP contribution in [0.15, 0.2) is 35.3 Å². The van der Waals surface area contributed by atoms with Gasteiger partial charge in [0.2, 0.25) is 0 Å². The van der Waals surface area contributed by atoms with E-state index < -0.39 is 0 Å². The molecule has 1 N–H and O–H groups in total. The van der Waals surface area contributed by atoms with Gasteiger partial charge in [0, 0.05) is 45.3 Å². The maximum atomic E-state index is 11.7.